The van der Waals surface area contributed by atoms with E-state index in [2.05, 4.69) is 18.8 Å². The summed E-state index contributed by atoms with van der Waals surface area (Å²) in [5.74, 6) is 8.87. The summed E-state index contributed by atoms with van der Waals surface area (Å²) >= 11 is 0. The van der Waals surface area contributed by atoms with E-state index in [-0.39, 0.29) is 5.92 Å². The van der Waals surface area contributed by atoms with E-state index in [0.717, 1.165) is 31.6 Å². The Morgan fingerprint density at radius 1 is 1.10 bits per heavy atom. The van der Waals surface area contributed by atoms with Crippen molar-refractivity contribution in [2.24, 2.45) is 17.8 Å². The SMILES string of the molecule is CCCCC[C@H]1C(=O)CCC1C#CCC1CCCCC1. The molecule has 0 bridgehead atoms. The summed E-state index contributed by atoms with van der Waals surface area (Å²) in [6.45, 7) is 2.22. The molecule has 1 heteroatoms. The zero-order valence-electron chi connectivity index (χ0n) is 13.1. The molecule has 0 spiro atoms. The van der Waals surface area contributed by atoms with Crippen LogP contribution in [0.2, 0.25) is 0 Å². The van der Waals surface area contributed by atoms with Crippen LogP contribution in [0.4, 0.5) is 0 Å². The van der Waals surface area contributed by atoms with Crippen LogP contribution in [-0.2, 0) is 4.79 Å². The van der Waals surface area contributed by atoms with Gasteiger partial charge in [0.05, 0.1) is 0 Å². The van der Waals surface area contributed by atoms with Gasteiger partial charge in [-0.25, -0.2) is 0 Å². The first-order valence-corrected chi connectivity index (χ1v) is 8.82. The molecule has 20 heavy (non-hydrogen) atoms. The van der Waals surface area contributed by atoms with Crippen molar-refractivity contribution in [1.29, 1.82) is 0 Å². The van der Waals surface area contributed by atoms with Crippen molar-refractivity contribution in [3.05, 3.63) is 0 Å². The van der Waals surface area contributed by atoms with E-state index < -0.39 is 0 Å². The van der Waals surface area contributed by atoms with E-state index in [0.29, 0.717) is 11.7 Å². The van der Waals surface area contributed by atoms with Gasteiger partial charge in [-0.05, 0) is 31.6 Å². The number of rotatable bonds is 5. The molecule has 2 rings (SSSR count). The molecule has 0 amide bonds. The number of carbonyl (C=O) groups is 1. The Morgan fingerprint density at radius 3 is 2.65 bits per heavy atom. The predicted molar refractivity (Wildman–Crippen MR) is 84.3 cm³/mol. The molecule has 2 atom stereocenters. The van der Waals surface area contributed by atoms with E-state index in [9.17, 15) is 4.79 Å². The number of carbonyl (C=O) groups excluding carboxylic acids is 1. The number of ketones is 1. The summed E-state index contributed by atoms with van der Waals surface area (Å²) in [4.78, 5) is 12.0. The average Bonchev–Trinajstić information content (AvgIpc) is 2.82. The van der Waals surface area contributed by atoms with Crippen LogP contribution in [0, 0.1) is 29.6 Å². The standard InChI is InChI=1S/C19H30O/c1-2-3-5-13-18-17(14-15-19(18)20)12-8-11-16-9-6-4-7-10-16/h16-18H,2-7,9-11,13-15H2,1H3/t17?,18-/m1/s1. The van der Waals surface area contributed by atoms with Crippen molar-refractivity contribution in [2.75, 3.05) is 0 Å². The van der Waals surface area contributed by atoms with Crippen LogP contribution in [0.5, 0.6) is 0 Å². The minimum absolute atomic E-state index is 0.264. The number of Topliss-reactive ketones (excluding diaryl/α,β-unsaturated/α-hetero) is 1. The highest BCUT2D eigenvalue weighted by molar-refractivity contribution is 5.83. The van der Waals surface area contributed by atoms with Crippen molar-refractivity contribution in [2.45, 2.75) is 84.0 Å². The highest BCUT2D eigenvalue weighted by Crippen LogP contribution is 2.32. The quantitative estimate of drug-likeness (QED) is 0.501. The fraction of sp³-hybridized carbons (Fsp3) is 0.842. The van der Waals surface area contributed by atoms with Gasteiger partial charge in [0.2, 0.25) is 0 Å². The van der Waals surface area contributed by atoms with Gasteiger partial charge in [-0.2, -0.15) is 0 Å². The lowest BCUT2D eigenvalue weighted by Crippen LogP contribution is -2.13. The van der Waals surface area contributed by atoms with Gasteiger partial charge in [-0.15, -0.1) is 5.92 Å². The Balaban J connectivity index is 1.79. The van der Waals surface area contributed by atoms with Crippen molar-refractivity contribution in [1.82, 2.24) is 0 Å². The molecule has 0 heterocycles. The normalized spacial score (nSPS) is 27.4. The molecular formula is C19H30O. The Morgan fingerprint density at radius 2 is 1.90 bits per heavy atom. The Hall–Kier alpha value is -0.770. The molecule has 2 fully saturated rings. The average molecular weight is 274 g/mol. The fourth-order valence-electron chi connectivity index (χ4n) is 3.78. The third-order valence-electron chi connectivity index (χ3n) is 5.12. The molecule has 0 radical (unpaired) electrons. The molecule has 0 saturated heterocycles. The Labute approximate surface area is 124 Å². The summed E-state index contributed by atoms with van der Waals surface area (Å²) < 4.78 is 0. The molecule has 0 aliphatic heterocycles. The first kappa shape index (κ1) is 15.6. The Kier molecular flexibility index (Phi) is 6.64. The molecule has 0 aromatic rings. The van der Waals surface area contributed by atoms with Crippen LogP contribution in [0.1, 0.15) is 84.0 Å². The molecule has 2 aliphatic carbocycles. The Bertz CT molecular complexity index is 354. The fourth-order valence-corrected chi connectivity index (χ4v) is 3.78. The molecule has 0 aromatic heterocycles. The van der Waals surface area contributed by atoms with Crippen LogP contribution in [0.25, 0.3) is 0 Å². The largest absolute Gasteiger partial charge is 0.299 e. The van der Waals surface area contributed by atoms with Crippen LogP contribution < -0.4 is 0 Å². The summed E-state index contributed by atoms with van der Waals surface area (Å²) in [6.07, 6.45) is 14.6. The van der Waals surface area contributed by atoms with Gasteiger partial charge in [-0.3, -0.25) is 4.79 Å². The monoisotopic (exact) mass is 274 g/mol. The molecule has 0 aromatic carbocycles. The molecular weight excluding hydrogens is 244 g/mol. The minimum atomic E-state index is 0.264. The lowest BCUT2D eigenvalue weighted by atomic mass is 9.86. The van der Waals surface area contributed by atoms with E-state index in [1.165, 1.54) is 51.4 Å². The van der Waals surface area contributed by atoms with Crippen LogP contribution in [0.3, 0.4) is 0 Å². The van der Waals surface area contributed by atoms with Crippen molar-refractivity contribution in [3.63, 3.8) is 0 Å². The molecule has 1 unspecified atom stereocenters. The van der Waals surface area contributed by atoms with Gasteiger partial charge < -0.3 is 0 Å². The first-order valence-electron chi connectivity index (χ1n) is 8.82. The molecule has 2 saturated carbocycles. The minimum Gasteiger partial charge on any atom is -0.299 e. The van der Waals surface area contributed by atoms with Crippen molar-refractivity contribution in [3.8, 4) is 11.8 Å². The van der Waals surface area contributed by atoms with Crippen molar-refractivity contribution >= 4 is 5.78 Å². The van der Waals surface area contributed by atoms with Crippen LogP contribution >= 0.6 is 0 Å². The van der Waals surface area contributed by atoms with Crippen LogP contribution in [0.15, 0.2) is 0 Å². The van der Waals surface area contributed by atoms with Crippen molar-refractivity contribution < 1.29 is 4.79 Å². The smallest absolute Gasteiger partial charge is 0.137 e. The molecule has 0 N–H and O–H groups in total. The summed E-state index contributed by atoms with van der Waals surface area (Å²) in [5, 5.41) is 0. The lowest BCUT2D eigenvalue weighted by molar-refractivity contribution is -0.121. The maximum Gasteiger partial charge on any atom is 0.137 e. The van der Waals surface area contributed by atoms with Gasteiger partial charge in [0.1, 0.15) is 5.78 Å². The molecule has 2 aliphatic rings. The molecule has 1 nitrogen and oxygen atoms in total. The third kappa shape index (κ3) is 4.65. The summed E-state index contributed by atoms with van der Waals surface area (Å²) in [5.41, 5.74) is 0. The second-order valence-electron chi connectivity index (χ2n) is 6.74. The van der Waals surface area contributed by atoms with Crippen LogP contribution in [-0.4, -0.2) is 5.78 Å². The topological polar surface area (TPSA) is 17.1 Å². The maximum atomic E-state index is 12.0. The third-order valence-corrected chi connectivity index (χ3v) is 5.12. The summed E-state index contributed by atoms with van der Waals surface area (Å²) in [6, 6.07) is 0. The van der Waals surface area contributed by atoms with Gasteiger partial charge in [-0.1, -0.05) is 51.4 Å². The second-order valence-corrected chi connectivity index (χ2v) is 6.74. The van der Waals surface area contributed by atoms with E-state index >= 15 is 0 Å². The zero-order chi connectivity index (χ0) is 14.2. The van der Waals surface area contributed by atoms with E-state index in [4.69, 9.17) is 0 Å². The zero-order valence-corrected chi connectivity index (χ0v) is 13.1. The number of unbranched alkanes of at least 4 members (excludes halogenated alkanes) is 2. The number of hydrogen-bond donors (Lipinski definition) is 0. The van der Waals surface area contributed by atoms with Gasteiger partial charge in [0.25, 0.3) is 0 Å². The second kappa shape index (κ2) is 8.50. The lowest BCUT2D eigenvalue weighted by Gasteiger charge is -2.19. The summed E-state index contributed by atoms with van der Waals surface area (Å²) in [7, 11) is 0. The van der Waals surface area contributed by atoms with Gasteiger partial charge in [0.15, 0.2) is 0 Å². The highest BCUT2D eigenvalue weighted by atomic mass is 16.1. The van der Waals surface area contributed by atoms with E-state index in [1.54, 1.807) is 0 Å². The highest BCUT2D eigenvalue weighted by Gasteiger charge is 2.32. The first-order chi connectivity index (χ1) is 9.81. The maximum absolute atomic E-state index is 12.0. The predicted octanol–water partition coefficient (Wildman–Crippen LogP) is 5.14. The van der Waals surface area contributed by atoms with Gasteiger partial charge in [0, 0.05) is 24.7 Å². The number of hydrogen-bond acceptors (Lipinski definition) is 1. The molecule has 112 valence electrons. The van der Waals surface area contributed by atoms with Gasteiger partial charge >= 0.3 is 0 Å². The van der Waals surface area contributed by atoms with E-state index in [1.807, 2.05) is 0 Å².